The first-order valence-electron chi connectivity index (χ1n) is 6.61. The molecule has 0 aliphatic heterocycles. The summed E-state index contributed by atoms with van der Waals surface area (Å²) in [5.74, 6) is 0.0548. The van der Waals surface area contributed by atoms with Gasteiger partial charge in [-0.1, -0.05) is 29.3 Å². The zero-order chi connectivity index (χ0) is 15.0. The molecule has 0 saturated heterocycles. The Morgan fingerprint density at radius 1 is 1.14 bits per heavy atom. The Morgan fingerprint density at radius 2 is 1.95 bits per heavy atom. The van der Waals surface area contributed by atoms with E-state index in [1.165, 1.54) is 0 Å². The number of furan rings is 1. The number of halogens is 1. The molecule has 0 aliphatic rings. The largest absolute Gasteiger partial charge is 0.451 e. The molecule has 0 saturated carbocycles. The van der Waals surface area contributed by atoms with Gasteiger partial charge in [0.05, 0.1) is 0 Å². The number of hydrogen-bond donors (Lipinski definition) is 1. The topological polar surface area (TPSA) is 42.2 Å². The second-order valence-electron chi connectivity index (χ2n) is 5.02. The lowest BCUT2D eigenvalue weighted by atomic mass is 10.1. The number of amides is 1. The summed E-state index contributed by atoms with van der Waals surface area (Å²) in [4.78, 5) is 12.4. The van der Waals surface area contributed by atoms with E-state index in [-0.39, 0.29) is 5.91 Å². The van der Waals surface area contributed by atoms with E-state index in [4.69, 9.17) is 16.0 Å². The molecule has 0 radical (unpaired) electrons. The maximum absolute atomic E-state index is 12.4. The quantitative estimate of drug-likeness (QED) is 0.727. The van der Waals surface area contributed by atoms with E-state index in [0.717, 1.165) is 16.5 Å². The molecular weight excluding hydrogens is 286 g/mol. The molecule has 0 bridgehead atoms. The Bertz CT molecular complexity index is 836. The predicted octanol–water partition coefficient (Wildman–Crippen LogP) is 4.96. The minimum absolute atomic E-state index is 0.274. The third-order valence-electron chi connectivity index (χ3n) is 3.38. The lowest BCUT2D eigenvalue weighted by molar-refractivity contribution is 0.0998. The zero-order valence-corrected chi connectivity index (χ0v) is 12.5. The van der Waals surface area contributed by atoms with Crippen LogP contribution in [-0.2, 0) is 0 Å². The average molecular weight is 300 g/mol. The van der Waals surface area contributed by atoms with Gasteiger partial charge in [0.2, 0.25) is 0 Å². The summed E-state index contributed by atoms with van der Waals surface area (Å²) in [6.45, 7) is 3.90. The van der Waals surface area contributed by atoms with Crippen LogP contribution in [0.5, 0.6) is 0 Å². The normalized spacial score (nSPS) is 10.8. The van der Waals surface area contributed by atoms with Gasteiger partial charge in [-0.3, -0.25) is 4.79 Å². The Morgan fingerprint density at radius 3 is 2.71 bits per heavy atom. The van der Waals surface area contributed by atoms with Gasteiger partial charge < -0.3 is 9.73 Å². The molecule has 21 heavy (non-hydrogen) atoms. The van der Waals surface area contributed by atoms with E-state index < -0.39 is 0 Å². The number of aryl methyl sites for hydroxylation is 2. The van der Waals surface area contributed by atoms with Gasteiger partial charge in [-0.2, -0.15) is 0 Å². The number of rotatable bonds is 2. The molecule has 1 N–H and O–H groups in total. The van der Waals surface area contributed by atoms with Crippen molar-refractivity contribution in [3.63, 3.8) is 0 Å². The Kier molecular flexibility index (Phi) is 3.43. The second kappa shape index (κ2) is 5.26. The Hall–Kier alpha value is -2.26. The summed E-state index contributed by atoms with van der Waals surface area (Å²) >= 11 is 5.91. The minimum Gasteiger partial charge on any atom is -0.451 e. The van der Waals surface area contributed by atoms with Crippen LogP contribution in [0.4, 0.5) is 5.69 Å². The summed E-state index contributed by atoms with van der Waals surface area (Å²) in [6, 6.07) is 12.9. The van der Waals surface area contributed by atoms with Gasteiger partial charge >= 0.3 is 0 Å². The molecule has 0 spiro atoms. The summed E-state index contributed by atoms with van der Waals surface area (Å²) in [7, 11) is 0. The van der Waals surface area contributed by atoms with E-state index in [2.05, 4.69) is 5.32 Å². The zero-order valence-electron chi connectivity index (χ0n) is 11.7. The van der Waals surface area contributed by atoms with Gasteiger partial charge in [0.15, 0.2) is 5.76 Å². The van der Waals surface area contributed by atoms with Gasteiger partial charge in [0.25, 0.3) is 5.91 Å². The Labute approximate surface area is 127 Å². The first-order valence-corrected chi connectivity index (χ1v) is 6.99. The minimum atomic E-state index is -0.274. The van der Waals surface area contributed by atoms with Gasteiger partial charge in [-0.25, -0.2) is 0 Å². The molecule has 3 aromatic rings. The molecule has 0 unspecified atom stereocenters. The maximum atomic E-state index is 12.4. The predicted molar refractivity (Wildman–Crippen MR) is 85.1 cm³/mol. The lowest BCUT2D eigenvalue weighted by Gasteiger charge is -2.04. The van der Waals surface area contributed by atoms with Crippen LogP contribution >= 0.6 is 11.6 Å². The van der Waals surface area contributed by atoms with Crippen molar-refractivity contribution < 1.29 is 9.21 Å². The van der Waals surface area contributed by atoms with Crippen molar-refractivity contribution in [2.45, 2.75) is 13.8 Å². The summed E-state index contributed by atoms with van der Waals surface area (Å²) in [5.41, 5.74) is 3.33. The summed E-state index contributed by atoms with van der Waals surface area (Å²) in [5, 5.41) is 4.34. The van der Waals surface area contributed by atoms with Gasteiger partial charge in [-0.05, 0) is 44.2 Å². The van der Waals surface area contributed by atoms with Gasteiger partial charge in [0.1, 0.15) is 5.58 Å². The fourth-order valence-electron chi connectivity index (χ4n) is 2.31. The standard InChI is InChI=1S/C17H14ClNO2/c1-10-6-7-15-14(8-10)11(2)16(21-15)17(20)19-13-5-3-4-12(18)9-13/h3-9H,1-2H3,(H,19,20). The molecule has 0 atom stereocenters. The number of nitrogens with one attached hydrogen (secondary N) is 1. The molecule has 2 aromatic carbocycles. The molecular formula is C17H14ClNO2. The molecule has 0 fully saturated rings. The van der Waals surface area contributed by atoms with Crippen molar-refractivity contribution in [2.24, 2.45) is 0 Å². The van der Waals surface area contributed by atoms with Crippen LogP contribution in [0.15, 0.2) is 46.9 Å². The van der Waals surface area contributed by atoms with E-state index in [0.29, 0.717) is 22.1 Å². The fourth-order valence-corrected chi connectivity index (χ4v) is 2.50. The first kappa shape index (κ1) is 13.7. The monoisotopic (exact) mass is 299 g/mol. The van der Waals surface area contributed by atoms with Gasteiger partial charge in [0, 0.05) is 21.7 Å². The third-order valence-corrected chi connectivity index (χ3v) is 3.62. The fraction of sp³-hybridized carbons (Fsp3) is 0.118. The lowest BCUT2D eigenvalue weighted by Crippen LogP contribution is -2.11. The van der Waals surface area contributed by atoms with Crippen LogP contribution in [0.3, 0.4) is 0 Å². The van der Waals surface area contributed by atoms with E-state index in [1.807, 2.05) is 32.0 Å². The molecule has 106 valence electrons. The van der Waals surface area contributed by atoms with Crippen LogP contribution < -0.4 is 5.32 Å². The van der Waals surface area contributed by atoms with Crippen LogP contribution in [0, 0.1) is 13.8 Å². The van der Waals surface area contributed by atoms with Crippen molar-refractivity contribution in [3.05, 3.63) is 64.4 Å². The first-order chi connectivity index (χ1) is 10.0. The molecule has 3 rings (SSSR count). The van der Waals surface area contributed by atoms with Crippen LogP contribution in [0.1, 0.15) is 21.7 Å². The highest BCUT2D eigenvalue weighted by molar-refractivity contribution is 6.31. The third kappa shape index (κ3) is 2.65. The molecule has 4 heteroatoms. The highest BCUT2D eigenvalue weighted by Crippen LogP contribution is 2.27. The smallest absolute Gasteiger partial charge is 0.291 e. The summed E-state index contributed by atoms with van der Waals surface area (Å²) in [6.07, 6.45) is 0. The van der Waals surface area contributed by atoms with Crippen LogP contribution in [-0.4, -0.2) is 5.91 Å². The van der Waals surface area contributed by atoms with Crippen molar-refractivity contribution >= 4 is 34.2 Å². The second-order valence-corrected chi connectivity index (χ2v) is 5.46. The molecule has 3 nitrogen and oxygen atoms in total. The number of anilines is 1. The Balaban J connectivity index is 1.96. The van der Waals surface area contributed by atoms with Gasteiger partial charge in [-0.15, -0.1) is 0 Å². The van der Waals surface area contributed by atoms with E-state index in [1.54, 1.807) is 24.3 Å². The highest BCUT2D eigenvalue weighted by Gasteiger charge is 2.17. The number of hydrogen-bond acceptors (Lipinski definition) is 2. The highest BCUT2D eigenvalue weighted by atomic mass is 35.5. The molecule has 1 heterocycles. The summed E-state index contributed by atoms with van der Waals surface area (Å²) < 4.78 is 5.67. The number of benzene rings is 2. The molecule has 0 aliphatic carbocycles. The van der Waals surface area contributed by atoms with Crippen molar-refractivity contribution in [1.82, 2.24) is 0 Å². The average Bonchev–Trinajstić information content (AvgIpc) is 2.76. The molecule has 1 amide bonds. The SMILES string of the molecule is Cc1ccc2oc(C(=O)Nc3cccc(Cl)c3)c(C)c2c1. The maximum Gasteiger partial charge on any atom is 0.291 e. The number of carbonyl (C=O) groups is 1. The van der Waals surface area contributed by atoms with E-state index in [9.17, 15) is 4.79 Å². The number of fused-ring (bicyclic) bond motifs is 1. The van der Waals surface area contributed by atoms with Crippen LogP contribution in [0.2, 0.25) is 5.02 Å². The van der Waals surface area contributed by atoms with Crippen molar-refractivity contribution in [3.8, 4) is 0 Å². The van der Waals surface area contributed by atoms with Crippen molar-refractivity contribution in [1.29, 1.82) is 0 Å². The number of carbonyl (C=O) groups excluding carboxylic acids is 1. The van der Waals surface area contributed by atoms with Crippen LogP contribution in [0.25, 0.3) is 11.0 Å². The molecule has 1 aromatic heterocycles. The van der Waals surface area contributed by atoms with E-state index >= 15 is 0 Å². The van der Waals surface area contributed by atoms with Crippen molar-refractivity contribution in [2.75, 3.05) is 5.32 Å².